The molecule has 2 aliphatic heterocycles. The Hall–Kier alpha value is -2.62. The normalized spacial score (nSPS) is 20.1. The molecule has 2 aliphatic rings. The molecule has 1 amide bonds. The van der Waals surface area contributed by atoms with Crippen LogP contribution in [0.15, 0.2) is 24.4 Å². The van der Waals surface area contributed by atoms with Gasteiger partial charge in [0.05, 0.1) is 11.9 Å². The molecule has 1 aromatic carbocycles. The second-order valence-corrected chi connectivity index (χ2v) is 8.10. The number of thiazole rings is 1. The van der Waals surface area contributed by atoms with Gasteiger partial charge in [0.15, 0.2) is 17.0 Å². The Morgan fingerprint density at radius 2 is 2.03 bits per heavy atom. The van der Waals surface area contributed by atoms with Crippen molar-refractivity contribution in [2.75, 3.05) is 23.3 Å². The SMILES string of the molecule is CC1Oc2ccc(C(=O)C3CCN(c4ncc(C(F)(F)F)s4)CC3)cc2NC1=O. The summed E-state index contributed by atoms with van der Waals surface area (Å²) in [5.74, 6) is -0.0225. The summed E-state index contributed by atoms with van der Waals surface area (Å²) in [5, 5.41) is 3.05. The first-order valence-corrected chi connectivity index (χ1v) is 9.98. The Labute approximate surface area is 168 Å². The van der Waals surface area contributed by atoms with Crippen molar-refractivity contribution < 1.29 is 27.5 Å². The van der Waals surface area contributed by atoms with Gasteiger partial charge < -0.3 is 15.0 Å². The molecule has 29 heavy (non-hydrogen) atoms. The van der Waals surface area contributed by atoms with E-state index in [4.69, 9.17) is 4.74 Å². The number of Topliss-reactive ketones (excluding diaryl/α,β-unsaturated/α-hetero) is 1. The van der Waals surface area contributed by atoms with Gasteiger partial charge in [-0.2, -0.15) is 13.2 Å². The maximum atomic E-state index is 12.9. The van der Waals surface area contributed by atoms with Crippen molar-refractivity contribution >= 4 is 33.8 Å². The minimum atomic E-state index is -4.40. The molecule has 1 fully saturated rings. The van der Waals surface area contributed by atoms with E-state index in [9.17, 15) is 22.8 Å². The summed E-state index contributed by atoms with van der Waals surface area (Å²) in [4.78, 5) is 29.6. The van der Waals surface area contributed by atoms with Gasteiger partial charge in [-0.05, 0) is 38.0 Å². The zero-order valence-corrected chi connectivity index (χ0v) is 16.3. The molecule has 1 unspecified atom stereocenters. The molecule has 0 spiro atoms. The summed E-state index contributed by atoms with van der Waals surface area (Å²) >= 11 is 0.619. The molecule has 10 heteroatoms. The zero-order valence-electron chi connectivity index (χ0n) is 15.5. The van der Waals surface area contributed by atoms with E-state index >= 15 is 0 Å². The number of carbonyl (C=O) groups excluding carboxylic acids is 2. The number of aromatic nitrogens is 1. The number of ether oxygens (including phenoxy) is 1. The molecule has 3 heterocycles. The molecular formula is C19H18F3N3O3S. The van der Waals surface area contributed by atoms with Crippen LogP contribution in [0.4, 0.5) is 24.0 Å². The van der Waals surface area contributed by atoms with Gasteiger partial charge >= 0.3 is 6.18 Å². The number of nitrogens with one attached hydrogen (secondary N) is 1. The average Bonchev–Trinajstić information content (AvgIpc) is 3.19. The number of ketones is 1. The summed E-state index contributed by atoms with van der Waals surface area (Å²) in [7, 11) is 0. The fourth-order valence-electron chi connectivity index (χ4n) is 3.47. The number of hydrogen-bond donors (Lipinski definition) is 1. The van der Waals surface area contributed by atoms with Gasteiger partial charge in [-0.3, -0.25) is 9.59 Å². The van der Waals surface area contributed by atoms with Gasteiger partial charge in [0.25, 0.3) is 5.91 Å². The largest absolute Gasteiger partial charge is 0.479 e. The monoisotopic (exact) mass is 425 g/mol. The average molecular weight is 425 g/mol. The fourth-order valence-corrected chi connectivity index (χ4v) is 4.31. The number of hydrogen-bond acceptors (Lipinski definition) is 6. The molecule has 1 N–H and O–H groups in total. The van der Waals surface area contributed by atoms with E-state index in [1.54, 1.807) is 30.0 Å². The highest BCUT2D eigenvalue weighted by Gasteiger charge is 2.35. The summed E-state index contributed by atoms with van der Waals surface area (Å²) in [6, 6.07) is 4.96. The highest BCUT2D eigenvalue weighted by Crippen LogP contribution is 2.38. The van der Waals surface area contributed by atoms with Crippen molar-refractivity contribution in [3.8, 4) is 5.75 Å². The predicted molar refractivity (Wildman–Crippen MR) is 102 cm³/mol. The van der Waals surface area contributed by atoms with Gasteiger partial charge in [-0.25, -0.2) is 4.98 Å². The quantitative estimate of drug-likeness (QED) is 0.754. The first-order valence-electron chi connectivity index (χ1n) is 9.16. The van der Waals surface area contributed by atoms with Crippen LogP contribution >= 0.6 is 11.3 Å². The number of benzene rings is 1. The Balaban J connectivity index is 1.41. The molecule has 1 saturated heterocycles. The summed E-state index contributed by atoms with van der Waals surface area (Å²) in [6.45, 7) is 2.57. The van der Waals surface area contributed by atoms with E-state index in [0.717, 1.165) is 6.20 Å². The number of piperidine rings is 1. The van der Waals surface area contributed by atoms with Gasteiger partial charge in [0.1, 0.15) is 10.6 Å². The van der Waals surface area contributed by atoms with Gasteiger partial charge in [0, 0.05) is 24.6 Å². The third kappa shape index (κ3) is 3.93. The number of fused-ring (bicyclic) bond motifs is 1. The molecule has 0 bridgehead atoms. The Morgan fingerprint density at radius 3 is 2.69 bits per heavy atom. The minimum absolute atomic E-state index is 0.0459. The van der Waals surface area contributed by atoms with Crippen LogP contribution in [-0.4, -0.2) is 35.9 Å². The third-order valence-corrected chi connectivity index (χ3v) is 6.21. The van der Waals surface area contributed by atoms with E-state index < -0.39 is 17.2 Å². The van der Waals surface area contributed by atoms with Crippen LogP contribution in [0, 0.1) is 5.92 Å². The standard InChI is InChI=1S/C19H18F3N3O3S/c1-10-17(27)24-13-8-12(2-3-14(13)28-10)16(26)11-4-6-25(7-5-11)18-23-9-15(29-18)19(20,21)22/h2-3,8-11H,4-7H2,1H3,(H,24,27). The lowest BCUT2D eigenvalue weighted by molar-refractivity contribution is -0.134. The molecule has 0 radical (unpaired) electrons. The zero-order chi connectivity index (χ0) is 20.8. The van der Waals surface area contributed by atoms with Crippen LogP contribution in [-0.2, 0) is 11.0 Å². The smallest absolute Gasteiger partial charge is 0.427 e. The molecule has 2 aromatic rings. The number of alkyl halides is 3. The first kappa shape index (κ1) is 19.7. The van der Waals surface area contributed by atoms with Crippen molar-refractivity contribution in [3.05, 3.63) is 34.8 Å². The number of rotatable bonds is 3. The molecule has 4 rings (SSSR count). The fraction of sp³-hybridized carbons (Fsp3) is 0.421. The second kappa shape index (κ2) is 7.33. The lowest BCUT2D eigenvalue weighted by atomic mass is 9.88. The third-order valence-electron chi connectivity index (χ3n) is 5.10. The van der Waals surface area contributed by atoms with E-state index in [1.165, 1.54) is 0 Å². The minimum Gasteiger partial charge on any atom is -0.479 e. The molecule has 6 nitrogen and oxygen atoms in total. The maximum absolute atomic E-state index is 12.9. The van der Waals surface area contributed by atoms with Crippen LogP contribution in [0.5, 0.6) is 5.75 Å². The van der Waals surface area contributed by atoms with Crippen LogP contribution in [0.2, 0.25) is 0 Å². The first-order chi connectivity index (χ1) is 13.7. The highest BCUT2D eigenvalue weighted by atomic mass is 32.1. The Bertz CT molecular complexity index is 952. The van der Waals surface area contributed by atoms with Crippen molar-refractivity contribution in [1.82, 2.24) is 4.98 Å². The van der Waals surface area contributed by atoms with Crippen LogP contribution in [0.3, 0.4) is 0 Å². The summed E-state index contributed by atoms with van der Waals surface area (Å²) in [6.07, 6.45) is -3.08. The highest BCUT2D eigenvalue weighted by molar-refractivity contribution is 7.15. The Kier molecular flexibility index (Phi) is 4.97. The van der Waals surface area contributed by atoms with Crippen molar-refractivity contribution in [3.63, 3.8) is 0 Å². The number of anilines is 2. The lowest BCUT2D eigenvalue weighted by Crippen LogP contribution is -2.36. The number of carbonyl (C=O) groups is 2. The van der Waals surface area contributed by atoms with E-state index in [2.05, 4.69) is 10.3 Å². The molecule has 0 aliphatic carbocycles. The molecular weight excluding hydrogens is 407 g/mol. The Morgan fingerprint density at radius 1 is 1.31 bits per heavy atom. The predicted octanol–water partition coefficient (Wildman–Crippen LogP) is 3.98. The molecule has 154 valence electrons. The van der Waals surface area contributed by atoms with E-state index in [0.29, 0.717) is 59.4 Å². The molecule has 0 saturated carbocycles. The van der Waals surface area contributed by atoms with Crippen molar-refractivity contribution in [2.24, 2.45) is 5.92 Å². The lowest BCUT2D eigenvalue weighted by Gasteiger charge is -2.31. The van der Waals surface area contributed by atoms with Crippen molar-refractivity contribution in [1.29, 1.82) is 0 Å². The number of amides is 1. The van der Waals surface area contributed by atoms with Crippen LogP contribution < -0.4 is 15.0 Å². The molecule has 1 atom stereocenters. The summed E-state index contributed by atoms with van der Waals surface area (Å²) in [5.41, 5.74) is 0.952. The van der Waals surface area contributed by atoms with Crippen molar-refractivity contribution in [2.45, 2.75) is 32.0 Å². The van der Waals surface area contributed by atoms with E-state index in [-0.39, 0.29) is 17.6 Å². The van der Waals surface area contributed by atoms with E-state index in [1.807, 2.05) is 0 Å². The number of nitrogens with zero attached hydrogens (tertiary/aromatic N) is 2. The summed E-state index contributed by atoms with van der Waals surface area (Å²) < 4.78 is 43.8. The van der Waals surface area contributed by atoms with Gasteiger partial charge in [0.2, 0.25) is 0 Å². The van der Waals surface area contributed by atoms with Crippen LogP contribution in [0.1, 0.15) is 35.0 Å². The second-order valence-electron chi connectivity index (χ2n) is 7.09. The van der Waals surface area contributed by atoms with Crippen LogP contribution in [0.25, 0.3) is 0 Å². The molecule has 1 aromatic heterocycles. The topological polar surface area (TPSA) is 71.5 Å². The van der Waals surface area contributed by atoms with Gasteiger partial charge in [-0.1, -0.05) is 11.3 Å². The maximum Gasteiger partial charge on any atom is 0.427 e. The number of halogens is 3. The van der Waals surface area contributed by atoms with Gasteiger partial charge in [-0.15, -0.1) is 0 Å².